The SMILES string of the molecule is CCCCCCCCCCCCCCCCC(O)C(=O)N[C@@H](CO[C@@H]1OCC(CO)[C@@H](O)C(O)C1O)[C@H](O)/C=C/CC/C=C(\C)CCCCCCCCC. The quantitative estimate of drug-likeness (QED) is 0.0258. The van der Waals surface area contributed by atoms with Crippen LogP contribution in [0.2, 0.25) is 0 Å². The van der Waals surface area contributed by atoms with E-state index in [0.29, 0.717) is 12.8 Å². The van der Waals surface area contributed by atoms with Crippen molar-refractivity contribution in [3.05, 3.63) is 23.8 Å². The molecule has 318 valence electrons. The molecule has 54 heavy (non-hydrogen) atoms. The zero-order chi connectivity index (χ0) is 39.8. The molecule has 1 heterocycles. The summed E-state index contributed by atoms with van der Waals surface area (Å²) in [4.78, 5) is 13.1. The first-order valence-corrected chi connectivity index (χ1v) is 22.0. The van der Waals surface area contributed by atoms with Crippen molar-refractivity contribution >= 4 is 5.91 Å². The molecule has 0 radical (unpaired) electrons. The van der Waals surface area contributed by atoms with Crippen molar-refractivity contribution < 1.29 is 44.9 Å². The molecule has 1 fully saturated rings. The second kappa shape index (κ2) is 33.7. The lowest BCUT2D eigenvalue weighted by atomic mass is 9.97. The smallest absolute Gasteiger partial charge is 0.249 e. The van der Waals surface area contributed by atoms with Crippen LogP contribution in [0.3, 0.4) is 0 Å². The fraction of sp³-hybridized carbons (Fsp3) is 0.886. The van der Waals surface area contributed by atoms with E-state index in [0.717, 1.165) is 38.5 Å². The third kappa shape index (κ3) is 24.3. The predicted molar refractivity (Wildman–Crippen MR) is 218 cm³/mol. The Labute approximate surface area is 329 Å². The number of carbonyl (C=O) groups excluding carboxylic acids is 1. The zero-order valence-corrected chi connectivity index (χ0v) is 34.6. The van der Waals surface area contributed by atoms with Crippen molar-refractivity contribution in [1.29, 1.82) is 0 Å². The van der Waals surface area contributed by atoms with Gasteiger partial charge in [-0.15, -0.1) is 0 Å². The van der Waals surface area contributed by atoms with Crippen molar-refractivity contribution in [2.45, 2.75) is 224 Å². The molecule has 0 aromatic carbocycles. The van der Waals surface area contributed by atoms with E-state index in [9.17, 15) is 35.4 Å². The van der Waals surface area contributed by atoms with Gasteiger partial charge in [0.2, 0.25) is 5.91 Å². The van der Waals surface area contributed by atoms with Gasteiger partial charge < -0.3 is 45.4 Å². The number of ether oxygens (including phenoxy) is 2. The molecule has 8 atom stereocenters. The van der Waals surface area contributed by atoms with E-state index < -0.39 is 61.3 Å². The van der Waals surface area contributed by atoms with Crippen molar-refractivity contribution in [1.82, 2.24) is 5.32 Å². The standard InChI is InChI=1S/C44H83NO9/c1-4-6-8-10-12-13-14-15-16-17-18-20-22-26-31-39(48)43(52)45-37(34-54-44-42(51)41(50)40(49)36(32-46)33-53-44)38(47)30-27-23-25-29-35(3)28-24-21-19-11-9-7-5-2/h27,29-30,36-42,44,46-51H,4-26,28,31-34H2,1-3H3,(H,45,52)/b30-27+,35-29+/t36?,37-,38+,39?,40+,41?,42?,44-/m0/s1. The Kier molecular flexibility index (Phi) is 31.6. The number of aliphatic hydroxyl groups is 6. The minimum Gasteiger partial charge on any atom is -0.396 e. The van der Waals surface area contributed by atoms with Crippen molar-refractivity contribution in [2.75, 3.05) is 19.8 Å². The molecule has 0 spiro atoms. The first-order chi connectivity index (χ1) is 26.2. The molecule has 1 rings (SSSR count). The second-order valence-electron chi connectivity index (χ2n) is 15.9. The zero-order valence-electron chi connectivity index (χ0n) is 34.6. The summed E-state index contributed by atoms with van der Waals surface area (Å²) in [5.41, 5.74) is 1.36. The second-order valence-corrected chi connectivity index (χ2v) is 15.9. The Morgan fingerprint density at radius 2 is 1.26 bits per heavy atom. The topological polar surface area (TPSA) is 169 Å². The Balaban J connectivity index is 2.58. The average Bonchev–Trinajstić information content (AvgIpc) is 3.26. The van der Waals surface area contributed by atoms with Crippen LogP contribution in [0.5, 0.6) is 0 Å². The van der Waals surface area contributed by atoms with Crippen LogP contribution in [-0.4, -0.2) is 99.2 Å². The third-order valence-electron chi connectivity index (χ3n) is 10.8. The van der Waals surface area contributed by atoms with E-state index in [1.165, 1.54) is 115 Å². The Hall–Kier alpha value is -1.37. The number of aliphatic hydroxyl groups excluding tert-OH is 6. The minimum absolute atomic E-state index is 0.167. The van der Waals surface area contributed by atoms with E-state index in [1.54, 1.807) is 6.08 Å². The predicted octanol–water partition coefficient (Wildman–Crippen LogP) is 7.55. The fourth-order valence-electron chi connectivity index (χ4n) is 6.99. The Morgan fingerprint density at radius 3 is 1.80 bits per heavy atom. The van der Waals surface area contributed by atoms with Gasteiger partial charge in [0.05, 0.1) is 38.1 Å². The van der Waals surface area contributed by atoms with Gasteiger partial charge in [0, 0.05) is 5.92 Å². The van der Waals surface area contributed by atoms with E-state index in [-0.39, 0.29) is 13.2 Å². The molecule has 0 saturated carbocycles. The maximum absolute atomic E-state index is 13.1. The monoisotopic (exact) mass is 770 g/mol. The van der Waals surface area contributed by atoms with Crippen LogP contribution in [0.1, 0.15) is 181 Å². The number of nitrogens with one attached hydrogen (secondary N) is 1. The molecule has 0 aromatic heterocycles. The molecule has 7 N–H and O–H groups in total. The van der Waals surface area contributed by atoms with Gasteiger partial charge >= 0.3 is 0 Å². The molecule has 4 unspecified atom stereocenters. The van der Waals surface area contributed by atoms with Gasteiger partial charge in [0.25, 0.3) is 0 Å². The maximum Gasteiger partial charge on any atom is 0.249 e. The molecular weight excluding hydrogens is 686 g/mol. The molecule has 0 aliphatic carbocycles. The van der Waals surface area contributed by atoms with E-state index in [1.807, 2.05) is 6.08 Å². The summed E-state index contributed by atoms with van der Waals surface area (Å²) in [6, 6.07) is -0.982. The van der Waals surface area contributed by atoms with Crippen LogP contribution < -0.4 is 5.32 Å². The van der Waals surface area contributed by atoms with Crippen LogP contribution in [0.4, 0.5) is 0 Å². The van der Waals surface area contributed by atoms with Gasteiger partial charge in [-0.05, 0) is 39.0 Å². The van der Waals surface area contributed by atoms with Gasteiger partial charge in [-0.2, -0.15) is 0 Å². The van der Waals surface area contributed by atoms with Crippen LogP contribution in [-0.2, 0) is 14.3 Å². The van der Waals surface area contributed by atoms with Gasteiger partial charge in [-0.1, -0.05) is 166 Å². The molecule has 0 bridgehead atoms. The molecule has 1 amide bonds. The van der Waals surface area contributed by atoms with E-state index >= 15 is 0 Å². The first-order valence-electron chi connectivity index (χ1n) is 22.0. The summed E-state index contributed by atoms with van der Waals surface area (Å²) in [5, 5.41) is 65.3. The lowest BCUT2D eigenvalue weighted by Crippen LogP contribution is -2.51. The number of amides is 1. The summed E-state index contributed by atoms with van der Waals surface area (Å²) in [5.74, 6) is -1.43. The van der Waals surface area contributed by atoms with Crippen LogP contribution in [0, 0.1) is 5.92 Å². The summed E-state index contributed by atoms with van der Waals surface area (Å²) >= 11 is 0. The van der Waals surface area contributed by atoms with Gasteiger partial charge in [-0.25, -0.2) is 0 Å². The molecule has 1 aliphatic rings. The highest BCUT2D eigenvalue weighted by molar-refractivity contribution is 5.80. The molecular formula is C44H83NO9. The Morgan fingerprint density at radius 1 is 0.741 bits per heavy atom. The van der Waals surface area contributed by atoms with Crippen molar-refractivity contribution in [2.24, 2.45) is 5.92 Å². The fourth-order valence-corrected chi connectivity index (χ4v) is 6.99. The Bertz CT molecular complexity index is 947. The number of rotatable bonds is 34. The van der Waals surface area contributed by atoms with Crippen molar-refractivity contribution in [3.8, 4) is 0 Å². The number of unbranched alkanes of at least 4 members (excludes halogenated alkanes) is 20. The summed E-state index contributed by atoms with van der Waals surface area (Å²) in [7, 11) is 0. The van der Waals surface area contributed by atoms with E-state index in [4.69, 9.17) is 9.47 Å². The highest BCUT2D eigenvalue weighted by Crippen LogP contribution is 2.22. The highest BCUT2D eigenvalue weighted by atomic mass is 16.7. The van der Waals surface area contributed by atoms with Crippen LogP contribution in [0.25, 0.3) is 0 Å². The summed E-state index contributed by atoms with van der Waals surface area (Å²) in [6.45, 7) is 5.72. The summed E-state index contributed by atoms with van der Waals surface area (Å²) in [6.07, 6.45) is 26.2. The number of allylic oxidation sites excluding steroid dienone is 3. The molecule has 1 saturated heterocycles. The molecule has 10 nitrogen and oxygen atoms in total. The summed E-state index contributed by atoms with van der Waals surface area (Å²) < 4.78 is 11.3. The molecule has 0 aromatic rings. The average molecular weight is 770 g/mol. The number of carbonyl (C=O) groups is 1. The normalized spacial score (nSPS) is 22.7. The third-order valence-corrected chi connectivity index (χ3v) is 10.8. The number of hydrogen-bond donors (Lipinski definition) is 7. The molecule has 1 aliphatic heterocycles. The molecule has 10 heteroatoms. The first kappa shape index (κ1) is 50.6. The minimum atomic E-state index is -1.62. The number of hydrogen-bond acceptors (Lipinski definition) is 9. The maximum atomic E-state index is 13.1. The van der Waals surface area contributed by atoms with Crippen LogP contribution >= 0.6 is 0 Å². The lowest BCUT2D eigenvalue weighted by molar-refractivity contribution is -0.213. The van der Waals surface area contributed by atoms with Gasteiger partial charge in [0.15, 0.2) is 6.29 Å². The van der Waals surface area contributed by atoms with E-state index in [2.05, 4.69) is 32.2 Å². The van der Waals surface area contributed by atoms with Crippen molar-refractivity contribution in [3.63, 3.8) is 0 Å². The van der Waals surface area contributed by atoms with Gasteiger partial charge in [0.1, 0.15) is 18.3 Å². The largest absolute Gasteiger partial charge is 0.396 e. The highest BCUT2D eigenvalue weighted by Gasteiger charge is 2.41. The lowest BCUT2D eigenvalue weighted by Gasteiger charge is -2.29. The van der Waals surface area contributed by atoms with Gasteiger partial charge in [-0.3, -0.25) is 4.79 Å². The van der Waals surface area contributed by atoms with Crippen LogP contribution in [0.15, 0.2) is 23.8 Å².